The number of amides is 1. The molecule has 8 heteroatoms. The molecule has 0 aliphatic carbocycles. The number of guanidine groups is 1. The number of thiazole rings is 1. The van der Waals surface area contributed by atoms with E-state index in [9.17, 15) is 4.79 Å². The zero-order valence-electron chi connectivity index (χ0n) is 13.7. The molecule has 2 aliphatic rings. The van der Waals surface area contributed by atoms with Crippen molar-refractivity contribution in [2.24, 2.45) is 4.99 Å². The molecule has 7 nitrogen and oxygen atoms in total. The van der Waals surface area contributed by atoms with E-state index in [0.29, 0.717) is 11.7 Å². The number of aromatic nitrogens is 1. The summed E-state index contributed by atoms with van der Waals surface area (Å²) in [4.78, 5) is 23.1. The molecule has 1 aromatic heterocycles. The van der Waals surface area contributed by atoms with Crippen molar-refractivity contribution in [3.63, 3.8) is 0 Å². The molecule has 3 heterocycles. The van der Waals surface area contributed by atoms with E-state index in [0.717, 1.165) is 55.2 Å². The summed E-state index contributed by atoms with van der Waals surface area (Å²) in [7, 11) is 0. The Balaban J connectivity index is 1.39. The number of morpholine rings is 1. The van der Waals surface area contributed by atoms with Crippen molar-refractivity contribution in [1.29, 1.82) is 0 Å². The predicted molar refractivity (Wildman–Crippen MR) is 98.4 cm³/mol. The Morgan fingerprint density at radius 3 is 3.12 bits per heavy atom. The second-order valence-electron chi connectivity index (χ2n) is 5.90. The van der Waals surface area contributed by atoms with Gasteiger partial charge in [0.05, 0.1) is 28.9 Å². The molecule has 130 valence electrons. The molecule has 2 aliphatic heterocycles. The molecule has 0 spiro atoms. The molecule has 0 atom stereocenters. The van der Waals surface area contributed by atoms with E-state index < -0.39 is 0 Å². The van der Waals surface area contributed by atoms with Crippen LogP contribution in [-0.2, 0) is 9.53 Å². The van der Waals surface area contributed by atoms with Crippen LogP contribution in [0.4, 0.5) is 0 Å². The van der Waals surface area contributed by atoms with E-state index in [4.69, 9.17) is 4.74 Å². The number of rotatable bonds is 4. The molecule has 0 saturated carbocycles. The van der Waals surface area contributed by atoms with Gasteiger partial charge in [-0.05, 0) is 23.8 Å². The van der Waals surface area contributed by atoms with Crippen molar-refractivity contribution >= 4 is 39.5 Å². The Bertz CT molecular complexity index is 838. The highest BCUT2D eigenvalue weighted by molar-refractivity contribution is 7.16. The normalized spacial score (nSPS) is 20.1. The lowest BCUT2D eigenvalue weighted by atomic mass is 10.2. The van der Waals surface area contributed by atoms with Crippen molar-refractivity contribution < 1.29 is 9.53 Å². The topological polar surface area (TPSA) is 78.9 Å². The zero-order chi connectivity index (χ0) is 17.1. The molecule has 25 heavy (non-hydrogen) atoms. The first-order chi connectivity index (χ1) is 12.3. The average molecular weight is 357 g/mol. The van der Waals surface area contributed by atoms with Gasteiger partial charge in [-0.3, -0.25) is 15.0 Å². The summed E-state index contributed by atoms with van der Waals surface area (Å²) in [6.45, 7) is 5.11. The Labute approximate surface area is 149 Å². The number of carbonyl (C=O) groups is 1. The van der Waals surface area contributed by atoms with E-state index in [-0.39, 0.29) is 5.91 Å². The second-order valence-corrected chi connectivity index (χ2v) is 6.79. The number of nitrogens with one attached hydrogen (secondary N) is 2. The van der Waals surface area contributed by atoms with Crippen LogP contribution in [0.1, 0.15) is 5.56 Å². The molecule has 0 radical (unpaired) electrons. The van der Waals surface area contributed by atoms with Crippen molar-refractivity contribution in [2.75, 3.05) is 39.4 Å². The van der Waals surface area contributed by atoms with Gasteiger partial charge < -0.3 is 10.1 Å². The van der Waals surface area contributed by atoms with Crippen LogP contribution in [0.5, 0.6) is 0 Å². The molecule has 1 saturated heterocycles. The van der Waals surface area contributed by atoms with Crippen LogP contribution >= 0.6 is 11.3 Å². The molecule has 1 fully saturated rings. The van der Waals surface area contributed by atoms with Crippen molar-refractivity contribution in [2.45, 2.75) is 0 Å². The van der Waals surface area contributed by atoms with E-state index in [2.05, 4.69) is 25.5 Å². The summed E-state index contributed by atoms with van der Waals surface area (Å²) < 4.78 is 6.43. The second kappa shape index (κ2) is 7.30. The highest BCUT2D eigenvalue weighted by Crippen LogP contribution is 2.21. The smallest absolute Gasteiger partial charge is 0.276 e. The van der Waals surface area contributed by atoms with Crippen molar-refractivity contribution in [3.8, 4) is 0 Å². The van der Waals surface area contributed by atoms with Gasteiger partial charge >= 0.3 is 0 Å². The Morgan fingerprint density at radius 2 is 2.24 bits per heavy atom. The first-order valence-electron chi connectivity index (χ1n) is 8.27. The van der Waals surface area contributed by atoms with Crippen LogP contribution < -0.4 is 10.6 Å². The molecule has 2 aromatic rings. The molecule has 1 aromatic carbocycles. The maximum atomic E-state index is 12.1. The summed E-state index contributed by atoms with van der Waals surface area (Å²) >= 11 is 1.58. The van der Waals surface area contributed by atoms with E-state index >= 15 is 0 Å². The third-order valence-corrected chi connectivity index (χ3v) is 4.97. The molecular weight excluding hydrogens is 338 g/mol. The SMILES string of the molecule is O=C1NC(NCCN2CCOCC2)=N/C1=C\c1ccc2ncsc2c1. The first-order valence-corrected chi connectivity index (χ1v) is 9.15. The van der Waals surface area contributed by atoms with Gasteiger partial charge in [-0.1, -0.05) is 6.07 Å². The third kappa shape index (κ3) is 3.87. The summed E-state index contributed by atoms with van der Waals surface area (Å²) in [5, 5.41) is 5.96. The molecule has 4 rings (SSSR count). The third-order valence-electron chi connectivity index (χ3n) is 4.18. The number of benzene rings is 1. The largest absolute Gasteiger partial charge is 0.379 e. The number of aliphatic imine (C=N–C) groups is 1. The van der Waals surface area contributed by atoms with Gasteiger partial charge in [0.15, 0.2) is 0 Å². The molecular formula is C17H19N5O2S. The number of carbonyl (C=O) groups excluding carboxylic acids is 1. The fourth-order valence-electron chi connectivity index (χ4n) is 2.83. The van der Waals surface area contributed by atoms with Gasteiger partial charge in [-0.2, -0.15) is 0 Å². The highest BCUT2D eigenvalue weighted by Gasteiger charge is 2.20. The molecule has 2 N–H and O–H groups in total. The highest BCUT2D eigenvalue weighted by atomic mass is 32.1. The summed E-state index contributed by atoms with van der Waals surface area (Å²) in [6.07, 6.45) is 1.80. The average Bonchev–Trinajstić information content (AvgIpc) is 3.22. The fourth-order valence-corrected chi connectivity index (χ4v) is 3.55. The van der Waals surface area contributed by atoms with Gasteiger partial charge in [0.25, 0.3) is 5.91 Å². The van der Waals surface area contributed by atoms with Gasteiger partial charge in [0, 0.05) is 26.2 Å². The fraction of sp³-hybridized carbons (Fsp3) is 0.353. The maximum absolute atomic E-state index is 12.1. The summed E-state index contributed by atoms with van der Waals surface area (Å²) in [5.74, 6) is 0.335. The van der Waals surface area contributed by atoms with Crippen LogP contribution in [-0.4, -0.2) is 61.1 Å². The van der Waals surface area contributed by atoms with Crippen LogP contribution in [0.25, 0.3) is 16.3 Å². The Hall–Kier alpha value is -2.29. The molecule has 0 unspecified atom stereocenters. The van der Waals surface area contributed by atoms with E-state index in [1.54, 1.807) is 17.4 Å². The lowest BCUT2D eigenvalue weighted by Gasteiger charge is -2.26. The number of fused-ring (bicyclic) bond motifs is 1. The van der Waals surface area contributed by atoms with Crippen LogP contribution in [0.2, 0.25) is 0 Å². The number of hydrogen-bond donors (Lipinski definition) is 2. The lowest BCUT2D eigenvalue weighted by Crippen LogP contribution is -2.43. The minimum absolute atomic E-state index is 0.182. The number of hydrogen-bond acceptors (Lipinski definition) is 7. The van der Waals surface area contributed by atoms with Gasteiger partial charge in [-0.15, -0.1) is 11.3 Å². The Morgan fingerprint density at radius 1 is 1.36 bits per heavy atom. The van der Waals surface area contributed by atoms with Gasteiger partial charge in [0.2, 0.25) is 5.96 Å². The summed E-state index contributed by atoms with van der Waals surface area (Å²) in [6, 6.07) is 5.92. The van der Waals surface area contributed by atoms with Crippen LogP contribution in [0.3, 0.4) is 0 Å². The predicted octanol–water partition coefficient (Wildman–Crippen LogP) is 1.04. The van der Waals surface area contributed by atoms with Crippen molar-refractivity contribution in [3.05, 3.63) is 35.0 Å². The van der Waals surface area contributed by atoms with Crippen molar-refractivity contribution in [1.82, 2.24) is 20.5 Å². The lowest BCUT2D eigenvalue weighted by molar-refractivity contribution is -0.115. The van der Waals surface area contributed by atoms with E-state index in [1.165, 1.54) is 0 Å². The zero-order valence-corrected chi connectivity index (χ0v) is 14.5. The standard InChI is InChI=1S/C17H19N5O2S/c23-16-14(9-12-1-2-13-15(10-12)25-11-19-13)20-17(21-16)18-3-4-22-5-7-24-8-6-22/h1-2,9-11H,3-8H2,(H2,18,20,21,23)/b14-9-. The van der Waals surface area contributed by atoms with E-state index in [1.807, 2.05) is 23.7 Å². The monoisotopic (exact) mass is 357 g/mol. The minimum Gasteiger partial charge on any atom is -0.379 e. The number of ether oxygens (including phenoxy) is 1. The maximum Gasteiger partial charge on any atom is 0.276 e. The molecule has 0 bridgehead atoms. The number of nitrogens with zero attached hydrogens (tertiary/aromatic N) is 3. The first kappa shape index (κ1) is 16.2. The Kier molecular flexibility index (Phi) is 4.73. The van der Waals surface area contributed by atoms with Gasteiger partial charge in [0.1, 0.15) is 5.70 Å². The quantitative estimate of drug-likeness (QED) is 0.800. The van der Waals surface area contributed by atoms with Crippen LogP contribution in [0, 0.1) is 0 Å². The minimum atomic E-state index is -0.182. The van der Waals surface area contributed by atoms with Gasteiger partial charge in [-0.25, -0.2) is 9.98 Å². The van der Waals surface area contributed by atoms with Crippen LogP contribution in [0.15, 0.2) is 34.4 Å². The summed E-state index contributed by atoms with van der Waals surface area (Å²) in [5.41, 5.74) is 4.15. The molecule has 1 amide bonds.